The molecule has 6 heteroatoms. The van der Waals surface area contributed by atoms with Gasteiger partial charge in [-0.3, -0.25) is 4.68 Å². The van der Waals surface area contributed by atoms with Gasteiger partial charge >= 0.3 is 0 Å². The second kappa shape index (κ2) is 7.78. The van der Waals surface area contributed by atoms with E-state index in [0.717, 1.165) is 58.4 Å². The molecule has 3 heterocycles. The van der Waals surface area contributed by atoms with Crippen LogP contribution >= 0.6 is 0 Å². The molecule has 2 saturated heterocycles. The molecule has 0 spiro atoms. The summed E-state index contributed by atoms with van der Waals surface area (Å²) in [6, 6.07) is 14.5. The van der Waals surface area contributed by atoms with E-state index in [0.29, 0.717) is 13.2 Å². The maximum Gasteiger partial charge on any atom is 0.125 e. The summed E-state index contributed by atoms with van der Waals surface area (Å²) < 4.78 is 24.0. The topological polar surface area (TPSA) is 61.3 Å². The van der Waals surface area contributed by atoms with Crippen molar-refractivity contribution in [1.82, 2.24) is 9.78 Å². The van der Waals surface area contributed by atoms with Gasteiger partial charge in [-0.15, -0.1) is 0 Å². The third-order valence-electron chi connectivity index (χ3n) is 5.44. The average Bonchev–Trinajstić information content (AvgIpc) is 3.65. The standard InChI is InChI=1S/C24H26N2O4/c1-15-8-18(9-16(2)24(15)30-14-21-13-29-21)22-10-23(26(3)25-22)17-4-6-19(7-5-17)27-11-20-12-28-20/h4-10,20-21H,11-14H2,1-3H3. The number of aryl methyl sites for hydroxylation is 3. The Hall–Kier alpha value is -2.83. The van der Waals surface area contributed by atoms with Gasteiger partial charge in [-0.1, -0.05) is 0 Å². The second-order valence-corrected chi connectivity index (χ2v) is 8.03. The molecule has 6 nitrogen and oxygen atoms in total. The molecule has 0 bridgehead atoms. The van der Waals surface area contributed by atoms with Gasteiger partial charge < -0.3 is 18.9 Å². The van der Waals surface area contributed by atoms with Crippen LogP contribution in [-0.4, -0.2) is 48.4 Å². The summed E-state index contributed by atoms with van der Waals surface area (Å²) >= 11 is 0. The van der Waals surface area contributed by atoms with E-state index in [2.05, 4.69) is 44.2 Å². The van der Waals surface area contributed by atoms with Crippen LogP contribution in [0.2, 0.25) is 0 Å². The Kier molecular flexibility index (Phi) is 4.97. The van der Waals surface area contributed by atoms with Gasteiger partial charge in [0.15, 0.2) is 0 Å². The molecule has 2 aliphatic rings. The van der Waals surface area contributed by atoms with E-state index < -0.39 is 0 Å². The maximum atomic E-state index is 5.96. The molecule has 30 heavy (non-hydrogen) atoms. The van der Waals surface area contributed by atoms with Crippen LogP contribution in [0, 0.1) is 13.8 Å². The van der Waals surface area contributed by atoms with Gasteiger partial charge in [-0.2, -0.15) is 5.10 Å². The minimum absolute atomic E-state index is 0.251. The first-order chi connectivity index (χ1) is 14.6. The van der Waals surface area contributed by atoms with E-state index in [-0.39, 0.29) is 12.2 Å². The minimum Gasteiger partial charge on any atom is -0.491 e. The molecular formula is C24H26N2O4. The molecule has 1 aromatic heterocycles. The van der Waals surface area contributed by atoms with Crippen molar-refractivity contribution in [3.63, 3.8) is 0 Å². The molecule has 0 N–H and O–H groups in total. The Balaban J connectivity index is 1.35. The van der Waals surface area contributed by atoms with Crippen molar-refractivity contribution in [2.45, 2.75) is 26.1 Å². The summed E-state index contributed by atoms with van der Waals surface area (Å²) in [6.45, 7) is 6.99. The zero-order valence-electron chi connectivity index (χ0n) is 17.6. The fourth-order valence-electron chi connectivity index (χ4n) is 3.62. The van der Waals surface area contributed by atoms with E-state index in [1.165, 1.54) is 0 Å². The van der Waals surface area contributed by atoms with Crippen molar-refractivity contribution in [3.05, 3.63) is 53.6 Å². The van der Waals surface area contributed by atoms with Crippen molar-refractivity contribution in [1.29, 1.82) is 0 Å². The lowest BCUT2D eigenvalue weighted by Crippen LogP contribution is -2.06. The largest absolute Gasteiger partial charge is 0.491 e. The fraction of sp³-hybridized carbons (Fsp3) is 0.375. The van der Waals surface area contributed by atoms with Crippen molar-refractivity contribution in [2.24, 2.45) is 7.05 Å². The van der Waals surface area contributed by atoms with Crippen LogP contribution in [0.5, 0.6) is 11.5 Å². The van der Waals surface area contributed by atoms with E-state index in [1.807, 2.05) is 23.9 Å². The Morgan fingerprint density at radius 2 is 1.50 bits per heavy atom. The summed E-state index contributed by atoms with van der Waals surface area (Å²) in [5.41, 5.74) is 6.42. The summed E-state index contributed by atoms with van der Waals surface area (Å²) in [7, 11) is 1.97. The van der Waals surface area contributed by atoms with E-state index >= 15 is 0 Å². The van der Waals surface area contributed by atoms with E-state index in [9.17, 15) is 0 Å². The van der Waals surface area contributed by atoms with Crippen molar-refractivity contribution >= 4 is 0 Å². The average molecular weight is 406 g/mol. The Bertz CT molecular complexity index is 1030. The molecule has 3 aromatic rings. The molecule has 5 rings (SSSR count). The molecule has 2 aliphatic heterocycles. The van der Waals surface area contributed by atoms with Gasteiger partial charge in [0, 0.05) is 18.2 Å². The van der Waals surface area contributed by atoms with Crippen LogP contribution in [0.4, 0.5) is 0 Å². The number of hydrogen-bond donors (Lipinski definition) is 0. The van der Waals surface area contributed by atoms with Crippen LogP contribution in [-0.2, 0) is 16.5 Å². The number of hydrogen-bond acceptors (Lipinski definition) is 5. The van der Waals surface area contributed by atoms with Crippen LogP contribution in [0.1, 0.15) is 11.1 Å². The van der Waals surface area contributed by atoms with Crippen molar-refractivity contribution in [3.8, 4) is 34.0 Å². The molecule has 2 unspecified atom stereocenters. The zero-order valence-corrected chi connectivity index (χ0v) is 17.6. The second-order valence-electron chi connectivity index (χ2n) is 8.03. The molecule has 0 radical (unpaired) electrons. The SMILES string of the molecule is Cc1cc(-c2cc(-c3ccc(OCC4CO4)cc3)n(C)n2)cc(C)c1OCC1CO1. The highest BCUT2D eigenvalue weighted by molar-refractivity contribution is 5.71. The summed E-state index contributed by atoms with van der Waals surface area (Å²) in [6.07, 6.45) is 0.510. The van der Waals surface area contributed by atoms with Gasteiger partial charge in [0.2, 0.25) is 0 Å². The van der Waals surface area contributed by atoms with Gasteiger partial charge in [-0.25, -0.2) is 0 Å². The first-order valence-corrected chi connectivity index (χ1v) is 10.3. The number of benzene rings is 2. The van der Waals surface area contributed by atoms with E-state index in [1.54, 1.807) is 0 Å². The number of nitrogens with zero attached hydrogens (tertiary/aromatic N) is 2. The van der Waals surface area contributed by atoms with Crippen molar-refractivity contribution < 1.29 is 18.9 Å². The normalized spacial score (nSPS) is 19.6. The third kappa shape index (κ3) is 4.20. The van der Waals surface area contributed by atoms with Crippen LogP contribution in [0.15, 0.2) is 42.5 Å². The Morgan fingerprint density at radius 3 is 2.10 bits per heavy atom. The molecule has 0 aliphatic carbocycles. The lowest BCUT2D eigenvalue weighted by Gasteiger charge is -2.12. The molecular weight excluding hydrogens is 380 g/mol. The van der Waals surface area contributed by atoms with E-state index in [4.69, 9.17) is 24.0 Å². The lowest BCUT2D eigenvalue weighted by atomic mass is 10.0. The fourth-order valence-corrected chi connectivity index (χ4v) is 3.62. The van der Waals surface area contributed by atoms with Gasteiger partial charge in [0.25, 0.3) is 0 Å². The quantitative estimate of drug-likeness (QED) is 0.531. The Labute approximate surface area is 176 Å². The Morgan fingerprint density at radius 1 is 0.900 bits per heavy atom. The predicted molar refractivity (Wildman–Crippen MR) is 114 cm³/mol. The first-order valence-electron chi connectivity index (χ1n) is 10.3. The van der Waals surface area contributed by atoms with Gasteiger partial charge in [-0.05, 0) is 67.4 Å². The van der Waals surface area contributed by atoms with Crippen LogP contribution in [0.3, 0.4) is 0 Å². The van der Waals surface area contributed by atoms with Crippen molar-refractivity contribution in [2.75, 3.05) is 26.4 Å². The molecule has 2 fully saturated rings. The molecule has 0 amide bonds. The number of rotatable bonds is 8. The van der Waals surface area contributed by atoms with Gasteiger partial charge in [0.1, 0.15) is 36.9 Å². The highest BCUT2D eigenvalue weighted by Crippen LogP contribution is 2.32. The smallest absolute Gasteiger partial charge is 0.125 e. The number of epoxide rings is 2. The first kappa shape index (κ1) is 19.2. The molecule has 2 aromatic carbocycles. The number of ether oxygens (including phenoxy) is 4. The molecule has 156 valence electrons. The summed E-state index contributed by atoms with van der Waals surface area (Å²) in [5, 5.41) is 4.75. The molecule has 0 saturated carbocycles. The molecule has 2 atom stereocenters. The summed E-state index contributed by atoms with van der Waals surface area (Å²) in [4.78, 5) is 0. The zero-order chi connectivity index (χ0) is 20.7. The lowest BCUT2D eigenvalue weighted by molar-refractivity contribution is 0.260. The highest BCUT2D eigenvalue weighted by Gasteiger charge is 2.24. The van der Waals surface area contributed by atoms with Gasteiger partial charge in [0.05, 0.1) is 24.6 Å². The highest BCUT2D eigenvalue weighted by atomic mass is 16.6. The van der Waals surface area contributed by atoms with Crippen LogP contribution < -0.4 is 9.47 Å². The maximum absolute atomic E-state index is 5.96. The predicted octanol–water partition coefficient (Wildman–Crippen LogP) is 3.93. The summed E-state index contributed by atoms with van der Waals surface area (Å²) in [5.74, 6) is 1.80. The monoisotopic (exact) mass is 406 g/mol. The third-order valence-corrected chi connectivity index (χ3v) is 5.44. The van der Waals surface area contributed by atoms with Crippen LogP contribution in [0.25, 0.3) is 22.5 Å². The number of aromatic nitrogens is 2. The minimum atomic E-state index is 0.251.